The van der Waals surface area contributed by atoms with Gasteiger partial charge in [0.2, 0.25) is 0 Å². The SMILES string of the molecule is NNc1cc(C(F)(F)F)cc(N(CCO)C2CC2)n1. The van der Waals surface area contributed by atoms with E-state index in [-0.39, 0.29) is 30.8 Å². The molecular weight excluding hydrogens is 261 g/mol. The minimum absolute atomic E-state index is 0.0478. The number of hydrogen-bond acceptors (Lipinski definition) is 5. The Hall–Kier alpha value is -1.54. The standard InChI is InChI=1S/C11H15F3N4O/c12-11(13,14)7-5-9(17-15)16-10(6-7)18(3-4-19)8-1-2-8/h5-6,8,19H,1-4,15H2,(H,16,17). The molecule has 0 bridgehead atoms. The minimum Gasteiger partial charge on any atom is -0.395 e. The summed E-state index contributed by atoms with van der Waals surface area (Å²) in [6.45, 7) is 0.114. The summed E-state index contributed by atoms with van der Waals surface area (Å²) in [5.74, 6) is 5.28. The van der Waals surface area contributed by atoms with Crippen LogP contribution in [0.5, 0.6) is 0 Å². The highest BCUT2D eigenvalue weighted by atomic mass is 19.4. The topological polar surface area (TPSA) is 74.4 Å². The summed E-state index contributed by atoms with van der Waals surface area (Å²) in [4.78, 5) is 5.70. The summed E-state index contributed by atoms with van der Waals surface area (Å²) in [5.41, 5.74) is 1.32. The lowest BCUT2D eigenvalue weighted by Gasteiger charge is -2.24. The fourth-order valence-electron chi connectivity index (χ4n) is 1.88. The molecule has 8 heteroatoms. The lowest BCUT2D eigenvalue weighted by atomic mass is 10.2. The van der Waals surface area contributed by atoms with Crippen LogP contribution in [0, 0.1) is 0 Å². The molecule has 2 rings (SSSR count). The molecule has 0 radical (unpaired) electrons. The van der Waals surface area contributed by atoms with Gasteiger partial charge in [0, 0.05) is 12.6 Å². The van der Waals surface area contributed by atoms with Crippen molar-refractivity contribution in [2.45, 2.75) is 25.1 Å². The van der Waals surface area contributed by atoms with Crippen LogP contribution in [-0.4, -0.2) is 29.3 Å². The summed E-state index contributed by atoms with van der Waals surface area (Å²) < 4.78 is 38.4. The number of nitrogen functional groups attached to an aromatic ring is 1. The van der Waals surface area contributed by atoms with Crippen molar-refractivity contribution in [3.8, 4) is 0 Å². The number of aliphatic hydroxyl groups excluding tert-OH is 1. The number of halogens is 3. The molecule has 19 heavy (non-hydrogen) atoms. The zero-order valence-corrected chi connectivity index (χ0v) is 10.1. The van der Waals surface area contributed by atoms with Gasteiger partial charge >= 0.3 is 6.18 Å². The van der Waals surface area contributed by atoms with E-state index in [0.29, 0.717) is 0 Å². The molecule has 0 atom stereocenters. The van der Waals surface area contributed by atoms with E-state index in [4.69, 9.17) is 10.9 Å². The smallest absolute Gasteiger partial charge is 0.395 e. The number of hydrogen-bond donors (Lipinski definition) is 3. The van der Waals surface area contributed by atoms with Crippen LogP contribution in [-0.2, 0) is 6.18 Å². The van der Waals surface area contributed by atoms with Crippen LogP contribution in [0.1, 0.15) is 18.4 Å². The van der Waals surface area contributed by atoms with Gasteiger partial charge in [0.25, 0.3) is 0 Å². The van der Waals surface area contributed by atoms with Crippen molar-refractivity contribution in [3.05, 3.63) is 17.7 Å². The molecule has 0 amide bonds. The van der Waals surface area contributed by atoms with Crippen molar-refractivity contribution in [1.29, 1.82) is 0 Å². The van der Waals surface area contributed by atoms with Gasteiger partial charge in [-0.05, 0) is 25.0 Å². The molecule has 4 N–H and O–H groups in total. The van der Waals surface area contributed by atoms with Gasteiger partial charge in [-0.1, -0.05) is 0 Å². The summed E-state index contributed by atoms with van der Waals surface area (Å²) in [6.07, 6.45) is -2.68. The average molecular weight is 276 g/mol. The van der Waals surface area contributed by atoms with E-state index in [1.807, 2.05) is 0 Å². The van der Waals surface area contributed by atoms with Gasteiger partial charge in [-0.3, -0.25) is 0 Å². The van der Waals surface area contributed by atoms with E-state index in [2.05, 4.69) is 10.4 Å². The number of nitrogens with one attached hydrogen (secondary N) is 1. The molecule has 0 aliphatic heterocycles. The number of aliphatic hydroxyl groups is 1. The number of anilines is 2. The third kappa shape index (κ3) is 3.27. The monoisotopic (exact) mass is 276 g/mol. The van der Waals surface area contributed by atoms with Gasteiger partial charge in [-0.2, -0.15) is 13.2 Å². The molecule has 106 valence electrons. The van der Waals surface area contributed by atoms with Crippen molar-refractivity contribution in [2.24, 2.45) is 5.84 Å². The van der Waals surface area contributed by atoms with Crippen LogP contribution in [0.15, 0.2) is 12.1 Å². The van der Waals surface area contributed by atoms with Gasteiger partial charge in [0.1, 0.15) is 11.6 Å². The van der Waals surface area contributed by atoms with Crippen molar-refractivity contribution in [3.63, 3.8) is 0 Å². The van der Waals surface area contributed by atoms with Crippen LogP contribution in [0.4, 0.5) is 24.8 Å². The van der Waals surface area contributed by atoms with E-state index in [0.717, 1.165) is 25.0 Å². The Bertz CT molecular complexity index is 448. The number of pyridine rings is 1. The Labute approximate surface area is 108 Å². The number of hydrazine groups is 1. The molecule has 1 aliphatic rings. The number of aromatic nitrogens is 1. The predicted octanol–water partition coefficient (Wildman–Crippen LogP) is 1.35. The Morgan fingerprint density at radius 3 is 2.58 bits per heavy atom. The van der Waals surface area contributed by atoms with Crippen LogP contribution in [0.25, 0.3) is 0 Å². The molecular formula is C11H15F3N4O. The number of alkyl halides is 3. The zero-order chi connectivity index (χ0) is 14.0. The van der Waals surface area contributed by atoms with E-state index in [9.17, 15) is 13.2 Å². The quantitative estimate of drug-likeness (QED) is 0.559. The van der Waals surface area contributed by atoms with Crippen molar-refractivity contribution < 1.29 is 18.3 Å². The highest BCUT2D eigenvalue weighted by Gasteiger charge is 2.34. The first-order chi connectivity index (χ1) is 8.95. The summed E-state index contributed by atoms with van der Waals surface area (Å²) in [6, 6.07) is 1.98. The Morgan fingerprint density at radius 2 is 2.11 bits per heavy atom. The van der Waals surface area contributed by atoms with Gasteiger partial charge < -0.3 is 15.4 Å². The second-order valence-corrected chi connectivity index (χ2v) is 4.39. The number of nitrogens with two attached hydrogens (primary N) is 1. The molecule has 5 nitrogen and oxygen atoms in total. The maximum absolute atomic E-state index is 12.8. The molecule has 0 unspecified atom stereocenters. The van der Waals surface area contributed by atoms with E-state index in [1.54, 1.807) is 4.90 Å². The molecule has 1 fully saturated rings. The molecule has 1 aliphatic carbocycles. The second-order valence-electron chi connectivity index (χ2n) is 4.39. The Balaban J connectivity index is 2.37. The highest BCUT2D eigenvalue weighted by molar-refractivity contribution is 5.52. The minimum atomic E-state index is -4.46. The van der Waals surface area contributed by atoms with Gasteiger partial charge in [-0.25, -0.2) is 10.8 Å². The van der Waals surface area contributed by atoms with Crippen LogP contribution in [0.2, 0.25) is 0 Å². The number of rotatable bonds is 5. The lowest BCUT2D eigenvalue weighted by molar-refractivity contribution is -0.137. The highest BCUT2D eigenvalue weighted by Crippen LogP contribution is 2.36. The number of nitrogens with zero attached hydrogens (tertiary/aromatic N) is 2. The molecule has 0 aromatic carbocycles. The molecule has 0 saturated heterocycles. The third-order valence-corrected chi connectivity index (χ3v) is 2.91. The van der Waals surface area contributed by atoms with Crippen molar-refractivity contribution >= 4 is 11.6 Å². The fourth-order valence-corrected chi connectivity index (χ4v) is 1.88. The molecule has 1 heterocycles. The summed E-state index contributed by atoms with van der Waals surface area (Å²) >= 11 is 0. The Morgan fingerprint density at radius 1 is 1.42 bits per heavy atom. The van der Waals surface area contributed by atoms with Gasteiger partial charge in [0.15, 0.2) is 0 Å². The van der Waals surface area contributed by atoms with Gasteiger partial charge in [-0.15, -0.1) is 0 Å². The average Bonchev–Trinajstić information content (AvgIpc) is 3.18. The fraction of sp³-hybridized carbons (Fsp3) is 0.545. The van der Waals surface area contributed by atoms with Crippen molar-refractivity contribution in [2.75, 3.05) is 23.5 Å². The molecule has 1 aromatic rings. The first-order valence-electron chi connectivity index (χ1n) is 5.89. The lowest BCUT2D eigenvalue weighted by Crippen LogP contribution is -2.30. The maximum atomic E-state index is 12.8. The van der Waals surface area contributed by atoms with E-state index >= 15 is 0 Å². The first kappa shape index (κ1) is 13.9. The Kier molecular flexibility index (Phi) is 3.81. The van der Waals surface area contributed by atoms with Crippen LogP contribution < -0.4 is 16.2 Å². The van der Waals surface area contributed by atoms with Crippen LogP contribution in [0.3, 0.4) is 0 Å². The zero-order valence-electron chi connectivity index (χ0n) is 10.1. The van der Waals surface area contributed by atoms with Crippen LogP contribution >= 0.6 is 0 Å². The predicted molar refractivity (Wildman–Crippen MR) is 64.5 cm³/mol. The van der Waals surface area contributed by atoms with Crippen molar-refractivity contribution in [1.82, 2.24) is 4.98 Å². The second kappa shape index (κ2) is 5.22. The first-order valence-corrected chi connectivity index (χ1v) is 5.89. The largest absolute Gasteiger partial charge is 0.416 e. The summed E-state index contributed by atoms with van der Waals surface area (Å²) in [5, 5.41) is 9.00. The molecule has 0 spiro atoms. The summed E-state index contributed by atoms with van der Waals surface area (Å²) in [7, 11) is 0. The maximum Gasteiger partial charge on any atom is 0.416 e. The molecule has 1 aromatic heterocycles. The molecule has 1 saturated carbocycles. The van der Waals surface area contributed by atoms with Gasteiger partial charge in [0.05, 0.1) is 12.2 Å². The van der Waals surface area contributed by atoms with E-state index < -0.39 is 11.7 Å². The normalized spacial score (nSPS) is 15.4. The van der Waals surface area contributed by atoms with E-state index in [1.165, 1.54) is 0 Å². The third-order valence-electron chi connectivity index (χ3n) is 2.91.